The molecule has 8 heteroatoms. The molecule has 0 saturated carbocycles. The fourth-order valence-electron chi connectivity index (χ4n) is 4.94. The number of hydrogen-bond donors (Lipinski definition) is 2. The fourth-order valence-corrected chi connectivity index (χ4v) is 4.94. The van der Waals surface area contributed by atoms with E-state index >= 15 is 0 Å². The molecule has 1 amide bonds. The van der Waals surface area contributed by atoms with E-state index in [1.807, 2.05) is 11.6 Å². The van der Waals surface area contributed by atoms with E-state index in [-0.39, 0.29) is 22.4 Å². The minimum atomic E-state index is -1.13. The van der Waals surface area contributed by atoms with Crippen LogP contribution in [0.5, 0.6) is 0 Å². The highest BCUT2D eigenvalue weighted by Gasteiger charge is 2.39. The average Bonchev–Trinajstić information content (AvgIpc) is 3.05. The average molecular weight is 444 g/mol. The standard InChI is InChI=1S/C24H30FN3O4/c1-3-18-20-19(13-24(14-26-22(20)29)8-11-32-12-9-24)28(27-18)10-4-5-16-6-7-17(23(30)31)15(2)21(16)25/h6-7H,3-5,8-14H2,1-2H3,(H,26,29)(H,30,31). The number of aromatic nitrogens is 2. The summed E-state index contributed by atoms with van der Waals surface area (Å²) in [4.78, 5) is 24.1. The van der Waals surface area contributed by atoms with Gasteiger partial charge in [-0.25, -0.2) is 9.18 Å². The van der Waals surface area contributed by atoms with Crippen molar-refractivity contribution in [3.05, 3.63) is 51.6 Å². The first kappa shape index (κ1) is 22.5. The van der Waals surface area contributed by atoms with Crippen LogP contribution in [0.4, 0.5) is 4.39 Å². The van der Waals surface area contributed by atoms with E-state index in [1.54, 1.807) is 6.07 Å². The zero-order valence-corrected chi connectivity index (χ0v) is 18.7. The van der Waals surface area contributed by atoms with E-state index in [2.05, 4.69) is 5.32 Å². The number of carboxylic acid groups (broad SMARTS) is 1. The lowest BCUT2D eigenvalue weighted by atomic mass is 9.76. The maximum Gasteiger partial charge on any atom is 0.336 e. The maximum atomic E-state index is 14.7. The molecule has 1 saturated heterocycles. The first-order chi connectivity index (χ1) is 15.3. The summed E-state index contributed by atoms with van der Waals surface area (Å²) in [6.45, 7) is 6.11. The van der Waals surface area contributed by atoms with Gasteiger partial charge in [-0.05, 0) is 68.1 Å². The summed E-state index contributed by atoms with van der Waals surface area (Å²) in [5, 5.41) is 17.0. The van der Waals surface area contributed by atoms with Crippen molar-refractivity contribution in [3.63, 3.8) is 0 Å². The summed E-state index contributed by atoms with van der Waals surface area (Å²) < 4.78 is 22.2. The van der Waals surface area contributed by atoms with Crippen LogP contribution in [0.3, 0.4) is 0 Å². The molecule has 0 atom stereocenters. The second-order valence-corrected chi connectivity index (χ2v) is 8.94. The first-order valence-corrected chi connectivity index (χ1v) is 11.3. The predicted octanol–water partition coefficient (Wildman–Crippen LogP) is 3.31. The fraction of sp³-hybridized carbons (Fsp3) is 0.542. The lowest BCUT2D eigenvalue weighted by Gasteiger charge is -2.36. The number of carbonyl (C=O) groups is 2. The molecule has 3 heterocycles. The Bertz CT molecular complexity index is 1040. The van der Waals surface area contributed by atoms with Gasteiger partial charge in [-0.3, -0.25) is 9.48 Å². The van der Waals surface area contributed by atoms with E-state index in [1.165, 1.54) is 13.0 Å². The monoisotopic (exact) mass is 443 g/mol. The molecule has 0 radical (unpaired) electrons. The molecule has 4 rings (SSSR count). The third-order valence-electron chi connectivity index (χ3n) is 6.92. The highest BCUT2D eigenvalue weighted by molar-refractivity contribution is 5.97. The van der Waals surface area contributed by atoms with E-state index in [0.29, 0.717) is 56.7 Å². The lowest BCUT2D eigenvalue weighted by molar-refractivity contribution is 0.0152. The number of fused-ring (bicyclic) bond motifs is 1. The van der Waals surface area contributed by atoms with Gasteiger partial charge in [-0.1, -0.05) is 13.0 Å². The van der Waals surface area contributed by atoms with Crippen LogP contribution in [0.15, 0.2) is 12.1 Å². The summed E-state index contributed by atoms with van der Waals surface area (Å²) in [5.41, 5.74) is 3.10. The Labute approximate surface area is 187 Å². The van der Waals surface area contributed by atoms with Crippen LogP contribution < -0.4 is 5.32 Å². The predicted molar refractivity (Wildman–Crippen MR) is 117 cm³/mol. The molecule has 1 aromatic carbocycles. The quantitative estimate of drug-likeness (QED) is 0.715. The Morgan fingerprint density at radius 3 is 2.78 bits per heavy atom. The molecule has 0 bridgehead atoms. The lowest BCUT2D eigenvalue weighted by Crippen LogP contribution is -2.40. The smallest absolute Gasteiger partial charge is 0.336 e. The Balaban J connectivity index is 1.56. The van der Waals surface area contributed by atoms with Crippen molar-refractivity contribution in [2.45, 2.75) is 58.9 Å². The second kappa shape index (κ2) is 9.02. The van der Waals surface area contributed by atoms with Crippen molar-refractivity contribution in [1.82, 2.24) is 15.1 Å². The number of halogens is 1. The van der Waals surface area contributed by atoms with Crippen LogP contribution in [0.25, 0.3) is 0 Å². The molecule has 2 aliphatic rings. The molecule has 0 aliphatic carbocycles. The number of hydrogen-bond acceptors (Lipinski definition) is 4. The van der Waals surface area contributed by atoms with Gasteiger partial charge in [0.15, 0.2) is 0 Å². The minimum absolute atomic E-state index is 0.0102. The second-order valence-electron chi connectivity index (χ2n) is 8.94. The maximum absolute atomic E-state index is 14.7. The van der Waals surface area contributed by atoms with Crippen molar-refractivity contribution in [2.75, 3.05) is 19.8 Å². The van der Waals surface area contributed by atoms with Crippen molar-refractivity contribution in [1.29, 1.82) is 0 Å². The van der Waals surface area contributed by atoms with Crippen LogP contribution >= 0.6 is 0 Å². The molecule has 1 fully saturated rings. The number of carboxylic acids is 1. The number of nitrogens with zero attached hydrogens (tertiary/aromatic N) is 2. The molecule has 7 nitrogen and oxygen atoms in total. The Kier molecular flexibility index (Phi) is 6.33. The van der Waals surface area contributed by atoms with Gasteiger partial charge in [-0.2, -0.15) is 5.10 Å². The van der Waals surface area contributed by atoms with Crippen molar-refractivity contribution in [2.24, 2.45) is 5.41 Å². The van der Waals surface area contributed by atoms with E-state index in [0.717, 1.165) is 30.7 Å². The number of aromatic carboxylic acids is 1. The zero-order valence-electron chi connectivity index (χ0n) is 18.7. The number of rotatable bonds is 6. The number of carbonyl (C=O) groups excluding carboxylic acids is 1. The Hall–Kier alpha value is -2.74. The van der Waals surface area contributed by atoms with Crippen molar-refractivity contribution < 1.29 is 23.8 Å². The third kappa shape index (κ3) is 4.16. The summed E-state index contributed by atoms with van der Waals surface area (Å²) in [6, 6.07) is 3.02. The first-order valence-electron chi connectivity index (χ1n) is 11.3. The molecule has 172 valence electrons. The molecule has 32 heavy (non-hydrogen) atoms. The third-order valence-corrected chi connectivity index (χ3v) is 6.92. The van der Waals surface area contributed by atoms with E-state index in [4.69, 9.17) is 9.84 Å². The SMILES string of the molecule is CCc1nn(CCCc2ccc(C(=O)O)c(C)c2F)c2c1C(=O)NCC1(CCOCC1)C2. The minimum Gasteiger partial charge on any atom is -0.478 e. The summed E-state index contributed by atoms with van der Waals surface area (Å²) in [5.74, 6) is -1.64. The molecule has 2 aliphatic heterocycles. The number of benzene rings is 1. The van der Waals surface area contributed by atoms with Gasteiger partial charge in [0, 0.05) is 26.3 Å². The van der Waals surface area contributed by atoms with E-state index in [9.17, 15) is 19.1 Å². The topological polar surface area (TPSA) is 93.5 Å². The molecule has 2 N–H and O–H groups in total. The number of ether oxygens (including phenoxy) is 1. The number of amides is 1. The Morgan fingerprint density at radius 1 is 1.34 bits per heavy atom. The van der Waals surface area contributed by atoms with Crippen LogP contribution in [-0.2, 0) is 30.5 Å². The largest absolute Gasteiger partial charge is 0.478 e. The number of aryl methyl sites for hydroxylation is 3. The molecular formula is C24H30FN3O4. The van der Waals surface area contributed by atoms with Gasteiger partial charge in [0.05, 0.1) is 22.5 Å². The van der Waals surface area contributed by atoms with Crippen LogP contribution in [0, 0.1) is 18.2 Å². The van der Waals surface area contributed by atoms with Gasteiger partial charge < -0.3 is 15.2 Å². The number of nitrogens with one attached hydrogen (secondary N) is 1. The van der Waals surface area contributed by atoms with Gasteiger partial charge in [0.25, 0.3) is 5.91 Å². The van der Waals surface area contributed by atoms with Gasteiger partial charge in [0.2, 0.25) is 0 Å². The zero-order chi connectivity index (χ0) is 22.9. The molecular weight excluding hydrogens is 413 g/mol. The van der Waals surface area contributed by atoms with Gasteiger partial charge >= 0.3 is 5.97 Å². The van der Waals surface area contributed by atoms with Crippen LogP contribution in [0.1, 0.15) is 69.4 Å². The summed E-state index contributed by atoms with van der Waals surface area (Å²) >= 11 is 0. The highest BCUT2D eigenvalue weighted by Crippen LogP contribution is 2.37. The molecule has 2 aromatic rings. The molecule has 1 aromatic heterocycles. The molecule has 0 unspecified atom stereocenters. The highest BCUT2D eigenvalue weighted by atomic mass is 19.1. The van der Waals surface area contributed by atoms with E-state index < -0.39 is 11.8 Å². The van der Waals surface area contributed by atoms with Gasteiger partial charge in [0.1, 0.15) is 5.82 Å². The van der Waals surface area contributed by atoms with Gasteiger partial charge in [-0.15, -0.1) is 0 Å². The van der Waals surface area contributed by atoms with Crippen LogP contribution in [-0.4, -0.2) is 46.5 Å². The van der Waals surface area contributed by atoms with Crippen molar-refractivity contribution in [3.8, 4) is 0 Å². The van der Waals surface area contributed by atoms with Crippen molar-refractivity contribution >= 4 is 11.9 Å². The van der Waals surface area contributed by atoms with Crippen LogP contribution in [0.2, 0.25) is 0 Å². The summed E-state index contributed by atoms with van der Waals surface area (Å²) in [7, 11) is 0. The summed E-state index contributed by atoms with van der Waals surface area (Å²) in [6.07, 6.45) is 4.35. The Morgan fingerprint density at radius 2 is 2.09 bits per heavy atom. The molecule has 1 spiro atoms. The normalized spacial score (nSPS) is 17.7.